The maximum atomic E-state index is 10.9. The van der Waals surface area contributed by atoms with Gasteiger partial charge in [-0.25, -0.2) is 8.42 Å². The van der Waals surface area contributed by atoms with E-state index in [0.29, 0.717) is 0 Å². The van der Waals surface area contributed by atoms with Crippen LogP contribution in [0.25, 0.3) is 0 Å². The molecule has 0 aromatic carbocycles. The van der Waals surface area contributed by atoms with Crippen molar-refractivity contribution in [2.75, 3.05) is 6.61 Å². The van der Waals surface area contributed by atoms with Crippen LogP contribution < -0.4 is 29.6 Å². The van der Waals surface area contributed by atoms with Gasteiger partial charge in [0.1, 0.15) is 0 Å². The molecule has 0 spiro atoms. The Morgan fingerprint density at radius 1 is 0.564 bits per heavy atom. The van der Waals surface area contributed by atoms with Crippen molar-refractivity contribution >= 4 is 10.4 Å². The molecule has 0 saturated heterocycles. The van der Waals surface area contributed by atoms with E-state index in [9.17, 15) is 13.0 Å². The standard InChI is InChI=1S/C33H66O4S.Na/c1-3-5-7-9-11-13-15-16-17-18-19-20-21-23-25-27-29-31-33(32-37-38(34,35)36)30-28-26-24-22-14-12-10-8-6-4-2;/h28,30,33H,3-27,29,31-32H2,1-2H3,(H,34,35,36);/q;+1/p-1/b30-28+;. The summed E-state index contributed by atoms with van der Waals surface area (Å²) in [7, 11) is -4.62. The first-order valence-corrected chi connectivity index (χ1v) is 18.1. The van der Waals surface area contributed by atoms with Gasteiger partial charge < -0.3 is 4.55 Å². The third-order valence-corrected chi connectivity index (χ3v) is 8.16. The Morgan fingerprint density at radius 2 is 0.897 bits per heavy atom. The summed E-state index contributed by atoms with van der Waals surface area (Å²) in [4.78, 5) is 0. The normalized spacial score (nSPS) is 12.7. The molecular weight excluding hydrogens is 515 g/mol. The molecule has 6 heteroatoms. The second-order valence-corrected chi connectivity index (χ2v) is 12.6. The van der Waals surface area contributed by atoms with Gasteiger partial charge in [0.2, 0.25) is 10.4 Å². The summed E-state index contributed by atoms with van der Waals surface area (Å²) >= 11 is 0. The molecule has 1 unspecified atom stereocenters. The van der Waals surface area contributed by atoms with Gasteiger partial charge in [-0.15, -0.1) is 0 Å². The zero-order chi connectivity index (χ0) is 28.0. The zero-order valence-electron chi connectivity index (χ0n) is 26.6. The monoisotopic (exact) mass is 580 g/mol. The first-order chi connectivity index (χ1) is 18.5. The molecule has 0 saturated carbocycles. The summed E-state index contributed by atoms with van der Waals surface area (Å²) < 4.78 is 37.3. The molecule has 39 heavy (non-hydrogen) atoms. The molecular formula is C33H65NaO4S. The van der Waals surface area contributed by atoms with Crippen molar-refractivity contribution in [3.05, 3.63) is 12.2 Å². The maximum absolute atomic E-state index is 10.9. The summed E-state index contributed by atoms with van der Waals surface area (Å²) in [5.41, 5.74) is 0. The van der Waals surface area contributed by atoms with E-state index >= 15 is 0 Å². The fourth-order valence-corrected chi connectivity index (χ4v) is 5.56. The second-order valence-electron chi connectivity index (χ2n) is 11.6. The van der Waals surface area contributed by atoms with E-state index in [1.54, 1.807) is 0 Å². The molecule has 228 valence electrons. The number of hydrogen-bond donors (Lipinski definition) is 0. The number of rotatable bonds is 31. The van der Waals surface area contributed by atoms with E-state index in [0.717, 1.165) is 19.3 Å². The van der Waals surface area contributed by atoms with Gasteiger partial charge >= 0.3 is 29.6 Å². The van der Waals surface area contributed by atoms with E-state index < -0.39 is 10.4 Å². The first-order valence-electron chi connectivity index (χ1n) is 16.8. The average molecular weight is 581 g/mol. The molecule has 1 atom stereocenters. The Bertz CT molecular complexity index is 595. The molecule has 0 fully saturated rings. The summed E-state index contributed by atoms with van der Waals surface area (Å²) in [6, 6.07) is 0. The number of allylic oxidation sites excluding steroid dienone is 1. The third kappa shape index (κ3) is 36.6. The van der Waals surface area contributed by atoms with Crippen LogP contribution in [0.4, 0.5) is 0 Å². The van der Waals surface area contributed by atoms with Crippen LogP contribution in [0.15, 0.2) is 12.2 Å². The molecule has 0 bridgehead atoms. The first kappa shape index (κ1) is 41.7. The predicted molar refractivity (Wildman–Crippen MR) is 164 cm³/mol. The van der Waals surface area contributed by atoms with Crippen LogP contribution >= 0.6 is 0 Å². The minimum absolute atomic E-state index is 0. The average Bonchev–Trinajstić information content (AvgIpc) is 2.89. The van der Waals surface area contributed by atoms with E-state index in [2.05, 4.69) is 30.2 Å². The summed E-state index contributed by atoms with van der Waals surface area (Å²) in [5.74, 6) is 0.0177. The molecule has 0 aromatic heterocycles. The summed E-state index contributed by atoms with van der Waals surface area (Å²) in [5, 5.41) is 0. The number of hydrogen-bond acceptors (Lipinski definition) is 4. The quantitative estimate of drug-likeness (QED) is 0.0272. The van der Waals surface area contributed by atoms with E-state index in [1.165, 1.54) is 154 Å². The fourth-order valence-electron chi connectivity index (χ4n) is 5.22. The van der Waals surface area contributed by atoms with E-state index in [4.69, 9.17) is 0 Å². The van der Waals surface area contributed by atoms with Crippen LogP contribution in [-0.2, 0) is 14.6 Å². The minimum Gasteiger partial charge on any atom is -0.726 e. The molecule has 0 N–H and O–H groups in total. The molecule has 0 aromatic rings. The minimum atomic E-state index is -4.62. The molecule has 0 heterocycles. The summed E-state index contributed by atoms with van der Waals surface area (Å²) in [6.45, 7) is 4.51. The smallest absolute Gasteiger partial charge is 0.726 e. The molecule has 0 aliphatic carbocycles. The van der Waals surface area contributed by atoms with Gasteiger partial charge in [-0.1, -0.05) is 180 Å². The van der Waals surface area contributed by atoms with Crippen molar-refractivity contribution in [2.45, 2.75) is 187 Å². The predicted octanol–water partition coefficient (Wildman–Crippen LogP) is 8.21. The van der Waals surface area contributed by atoms with Gasteiger partial charge in [-0.3, -0.25) is 4.18 Å². The van der Waals surface area contributed by atoms with Gasteiger partial charge in [0.25, 0.3) is 0 Å². The number of unbranched alkanes of at least 4 members (excludes halogenated alkanes) is 24. The molecule has 0 rings (SSSR count). The van der Waals surface area contributed by atoms with Crippen molar-refractivity contribution in [3.63, 3.8) is 0 Å². The van der Waals surface area contributed by atoms with Crippen molar-refractivity contribution in [2.24, 2.45) is 5.92 Å². The van der Waals surface area contributed by atoms with Gasteiger partial charge in [0.05, 0.1) is 6.61 Å². The van der Waals surface area contributed by atoms with E-state index in [1.807, 2.05) is 0 Å². The second kappa shape index (κ2) is 33.1. The Kier molecular flexibility index (Phi) is 35.4. The maximum Gasteiger partial charge on any atom is 1.00 e. The Hall–Kier alpha value is 0.610. The van der Waals surface area contributed by atoms with Crippen LogP contribution in [0.1, 0.15) is 187 Å². The zero-order valence-corrected chi connectivity index (χ0v) is 29.4. The van der Waals surface area contributed by atoms with Crippen LogP contribution in [0, 0.1) is 5.92 Å². The van der Waals surface area contributed by atoms with Crippen LogP contribution in [0.2, 0.25) is 0 Å². The van der Waals surface area contributed by atoms with Crippen molar-refractivity contribution in [1.29, 1.82) is 0 Å². The molecule has 0 radical (unpaired) electrons. The molecule has 0 aliphatic heterocycles. The Labute approximate surface area is 267 Å². The van der Waals surface area contributed by atoms with Crippen LogP contribution in [-0.4, -0.2) is 19.6 Å². The fraction of sp³-hybridized carbons (Fsp3) is 0.939. The Morgan fingerprint density at radius 3 is 1.26 bits per heavy atom. The Balaban J connectivity index is 0. The van der Waals surface area contributed by atoms with Crippen LogP contribution in [0.5, 0.6) is 0 Å². The topological polar surface area (TPSA) is 66.4 Å². The van der Waals surface area contributed by atoms with Crippen molar-refractivity contribution in [1.82, 2.24) is 0 Å². The van der Waals surface area contributed by atoms with E-state index in [-0.39, 0.29) is 42.1 Å². The molecule has 4 nitrogen and oxygen atoms in total. The SMILES string of the molecule is CCCCCCCCCC/C=C/C(CCCCCCCCCCCCCCCCCCC)COS(=O)(=O)[O-].[Na+]. The largest absolute Gasteiger partial charge is 1.00 e. The van der Waals surface area contributed by atoms with Gasteiger partial charge in [-0.2, -0.15) is 0 Å². The molecule has 0 aliphatic rings. The van der Waals surface area contributed by atoms with Crippen molar-refractivity contribution in [3.8, 4) is 0 Å². The van der Waals surface area contributed by atoms with Gasteiger partial charge in [0.15, 0.2) is 0 Å². The van der Waals surface area contributed by atoms with Crippen molar-refractivity contribution < 1.29 is 46.7 Å². The van der Waals surface area contributed by atoms with Gasteiger partial charge in [-0.05, 0) is 19.3 Å². The summed E-state index contributed by atoms with van der Waals surface area (Å²) in [6.07, 6.45) is 39.5. The van der Waals surface area contributed by atoms with Crippen LogP contribution in [0.3, 0.4) is 0 Å². The molecule has 0 amide bonds. The third-order valence-electron chi connectivity index (χ3n) is 7.74. The van der Waals surface area contributed by atoms with Gasteiger partial charge in [0, 0.05) is 5.92 Å².